The molecule has 1 saturated carbocycles. The van der Waals surface area contributed by atoms with Gasteiger partial charge >= 0.3 is 0 Å². The van der Waals surface area contributed by atoms with Crippen molar-refractivity contribution in [3.63, 3.8) is 0 Å². The number of allylic oxidation sites excluding steroid dienone is 2. The molecule has 4 unspecified atom stereocenters. The van der Waals surface area contributed by atoms with Crippen molar-refractivity contribution in [1.29, 1.82) is 0 Å². The maximum Gasteiger partial charge on any atom is 0.233 e. The minimum atomic E-state index is -0.761. The van der Waals surface area contributed by atoms with Crippen molar-refractivity contribution in [2.24, 2.45) is 35.0 Å². The van der Waals surface area contributed by atoms with E-state index in [0.29, 0.717) is 0 Å². The molecule has 0 aromatic rings. The normalized spacial score (nSPS) is 46.4. The zero-order chi connectivity index (χ0) is 16.1. The summed E-state index contributed by atoms with van der Waals surface area (Å²) in [4.78, 5) is 52.6. The summed E-state index contributed by atoms with van der Waals surface area (Å²) in [5, 5.41) is 0. The summed E-state index contributed by atoms with van der Waals surface area (Å²) in [5.74, 6) is -3.27. The van der Waals surface area contributed by atoms with E-state index in [1.54, 1.807) is 0 Å². The van der Waals surface area contributed by atoms with Gasteiger partial charge in [0.05, 0.1) is 23.7 Å². The molecule has 3 fully saturated rings. The zero-order valence-corrected chi connectivity index (χ0v) is 13.0. The molecule has 2 saturated heterocycles. The van der Waals surface area contributed by atoms with Gasteiger partial charge in [-0.1, -0.05) is 18.6 Å². The quantitative estimate of drug-likeness (QED) is 0.468. The van der Waals surface area contributed by atoms with E-state index in [1.807, 2.05) is 19.9 Å². The molecule has 0 aromatic heterocycles. The highest BCUT2D eigenvalue weighted by Crippen LogP contribution is 2.65. The first-order chi connectivity index (χ1) is 10.2. The summed E-state index contributed by atoms with van der Waals surface area (Å²) in [6.45, 7) is 3.76. The average molecular weight is 302 g/mol. The van der Waals surface area contributed by atoms with Crippen LogP contribution in [0.5, 0.6) is 0 Å². The molecule has 116 valence electrons. The molecule has 0 aromatic carbocycles. The van der Waals surface area contributed by atoms with E-state index in [4.69, 9.17) is 0 Å². The Kier molecular flexibility index (Phi) is 2.28. The van der Waals surface area contributed by atoms with Crippen LogP contribution in [0.25, 0.3) is 0 Å². The molecule has 0 N–H and O–H groups in total. The lowest BCUT2D eigenvalue weighted by Crippen LogP contribution is -2.57. The Balaban J connectivity index is 1.98. The Morgan fingerprint density at radius 1 is 0.818 bits per heavy atom. The summed E-state index contributed by atoms with van der Waals surface area (Å²) in [7, 11) is 2.99. The van der Waals surface area contributed by atoms with Crippen LogP contribution < -0.4 is 0 Å². The van der Waals surface area contributed by atoms with Gasteiger partial charge in [0.1, 0.15) is 0 Å². The molecule has 2 aliphatic heterocycles. The molecule has 4 atom stereocenters. The van der Waals surface area contributed by atoms with Crippen LogP contribution in [-0.2, 0) is 19.2 Å². The standard InChI is InChI=1S/C16H18N2O4/c1-6-5-16(2)10-8(12(19)17(3)14(10)21)7(6)9-11(16)15(22)18(4)13(9)20/h5,7-11H,1-4H3. The third-order valence-electron chi connectivity index (χ3n) is 6.32. The number of hydrogen-bond donors (Lipinski definition) is 0. The first kappa shape index (κ1) is 13.7. The highest BCUT2D eigenvalue weighted by Gasteiger charge is 2.73. The Hall–Kier alpha value is -1.98. The second-order valence-electron chi connectivity index (χ2n) is 7.26. The molecule has 5 aliphatic rings. The van der Waals surface area contributed by atoms with Crippen LogP contribution in [0.2, 0.25) is 0 Å². The first-order valence-corrected chi connectivity index (χ1v) is 7.54. The van der Waals surface area contributed by atoms with Gasteiger partial charge in [-0.15, -0.1) is 0 Å². The second-order valence-corrected chi connectivity index (χ2v) is 7.26. The van der Waals surface area contributed by atoms with Gasteiger partial charge in [-0.2, -0.15) is 0 Å². The average Bonchev–Trinajstić information content (AvgIpc) is 2.82. The lowest BCUT2D eigenvalue weighted by Gasteiger charge is -2.53. The number of imide groups is 2. The SMILES string of the molecule is CC1=CC2(C)C3C(=O)N(C)C(=O)C3C1C1C(=O)N(C)C(=O)C12. The zero-order valence-electron chi connectivity index (χ0n) is 13.0. The van der Waals surface area contributed by atoms with Crippen molar-refractivity contribution < 1.29 is 19.2 Å². The van der Waals surface area contributed by atoms with Crippen molar-refractivity contribution in [2.75, 3.05) is 14.1 Å². The van der Waals surface area contributed by atoms with Gasteiger partial charge in [-0.3, -0.25) is 29.0 Å². The van der Waals surface area contributed by atoms with Crippen molar-refractivity contribution in [1.82, 2.24) is 9.80 Å². The molecule has 6 heteroatoms. The summed E-state index contributed by atoms with van der Waals surface area (Å²) in [6, 6.07) is 0. The molecule has 2 bridgehead atoms. The fraction of sp³-hybridized carbons (Fsp3) is 0.625. The number of hydrogen-bond acceptors (Lipinski definition) is 4. The van der Waals surface area contributed by atoms with E-state index in [0.717, 1.165) is 5.57 Å². The third-order valence-corrected chi connectivity index (χ3v) is 6.32. The fourth-order valence-corrected chi connectivity index (χ4v) is 5.45. The summed E-state index contributed by atoms with van der Waals surface area (Å²) < 4.78 is 0. The topological polar surface area (TPSA) is 74.8 Å². The third kappa shape index (κ3) is 1.16. The van der Waals surface area contributed by atoms with Gasteiger partial charge in [-0.25, -0.2) is 0 Å². The Bertz CT molecular complexity index is 648. The maximum absolute atomic E-state index is 12.6. The highest BCUT2D eigenvalue weighted by molar-refractivity contribution is 6.11. The minimum Gasteiger partial charge on any atom is -0.285 e. The van der Waals surface area contributed by atoms with Crippen LogP contribution in [0.3, 0.4) is 0 Å². The van der Waals surface area contributed by atoms with Gasteiger partial charge in [0.15, 0.2) is 0 Å². The van der Waals surface area contributed by atoms with E-state index in [2.05, 4.69) is 0 Å². The highest BCUT2D eigenvalue weighted by atomic mass is 16.2. The first-order valence-electron chi connectivity index (χ1n) is 7.54. The molecule has 6 nitrogen and oxygen atoms in total. The molecule has 2 heterocycles. The van der Waals surface area contributed by atoms with Gasteiger partial charge in [0, 0.05) is 25.4 Å². The Morgan fingerprint density at radius 3 is 1.64 bits per heavy atom. The van der Waals surface area contributed by atoms with E-state index < -0.39 is 29.1 Å². The maximum atomic E-state index is 12.6. The Labute approximate surface area is 128 Å². The molecule has 22 heavy (non-hydrogen) atoms. The van der Waals surface area contributed by atoms with Crippen LogP contribution in [0.15, 0.2) is 11.6 Å². The van der Waals surface area contributed by atoms with Crippen molar-refractivity contribution in [2.45, 2.75) is 13.8 Å². The largest absolute Gasteiger partial charge is 0.285 e. The van der Waals surface area contributed by atoms with Crippen molar-refractivity contribution >= 4 is 23.6 Å². The number of carbonyl (C=O) groups excluding carboxylic acids is 4. The Morgan fingerprint density at radius 2 is 1.23 bits per heavy atom. The number of rotatable bonds is 0. The number of nitrogens with zero attached hydrogens (tertiary/aromatic N) is 2. The van der Waals surface area contributed by atoms with Crippen molar-refractivity contribution in [3.05, 3.63) is 11.6 Å². The fourth-order valence-electron chi connectivity index (χ4n) is 5.45. The lowest BCUT2D eigenvalue weighted by molar-refractivity contribution is -0.146. The van der Waals surface area contributed by atoms with E-state index in [9.17, 15) is 19.2 Å². The van der Waals surface area contributed by atoms with Crippen molar-refractivity contribution in [3.8, 4) is 0 Å². The van der Waals surface area contributed by atoms with E-state index in [1.165, 1.54) is 23.9 Å². The molecule has 3 aliphatic carbocycles. The molecular formula is C16H18N2O4. The van der Waals surface area contributed by atoms with Crippen LogP contribution in [0.1, 0.15) is 13.8 Å². The molecular weight excluding hydrogens is 284 g/mol. The predicted molar refractivity (Wildman–Crippen MR) is 74.9 cm³/mol. The van der Waals surface area contributed by atoms with Gasteiger partial charge in [0.2, 0.25) is 23.6 Å². The lowest BCUT2D eigenvalue weighted by atomic mass is 9.46. The monoisotopic (exact) mass is 302 g/mol. The molecule has 0 spiro atoms. The molecule has 5 rings (SSSR count). The van der Waals surface area contributed by atoms with E-state index in [-0.39, 0.29) is 29.5 Å². The predicted octanol–water partition coefficient (Wildman–Crippen LogP) is 0.0444. The molecule has 4 amide bonds. The van der Waals surface area contributed by atoms with Crippen LogP contribution in [0, 0.1) is 35.0 Å². The number of likely N-dealkylation sites (tertiary alicyclic amines) is 2. The molecule has 0 radical (unpaired) electrons. The van der Waals surface area contributed by atoms with Crippen LogP contribution >= 0.6 is 0 Å². The summed E-state index contributed by atoms with van der Waals surface area (Å²) in [6.07, 6.45) is 1.97. The summed E-state index contributed by atoms with van der Waals surface area (Å²) in [5.41, 5.74) is 0.196. The van der Waals surface area contributed by atoms with Crippen LogP contribution in [0.4, 0.5) is 0 Å². The minimum absolute atomic E-state index is 0.216. The smallest absolute Gasteiger partial charge is 0.233 e. The van der Waals surface area contributed by atoms with Gasteiger partial charge in [-0.05, 0) is 6.92 Å². The number of amides is 4. The van der Waals surface area contributed by atoms with Gasteiger partial charge in [0.25, 0.3) is 0 Å². The number of carbonyl (C=O) groups is 4. The van der Waals surface area contributed by atoms with Gasteiger partial charge < -0.3 is 0 Å². The van der Waals surface area contributed by atoms with Crippen LogP contribution in [-0.4, -0.2) is 47.5 Å². The second kappa shape index (κ2) is 3.67. The summed E-state index contributed by atoms with van der Waals surface area (Å²) >= 11 is 0. The van der Waals surface area contributed by atoms with E-state index >= 15 is 0 Å².